The molecule has 0 aliphatic rings. The Hall–Kier alpha value is -1.04. The molecule has 1 aromatic carbocycles. The van der Waals surface area contributed by atoms with Gasteiger partial charge in [-0.15, -0.1) is 0 Å². The summed E-state index contributed by atoms with van der Waals surface area (Å²) >= 11 is 2.11. The van der Waals surface area contributed by atoms with Crippen molar-refractivity contribution in [1.82, 2.24) is 0 Å². The third-order valence-corrected chi connectivity index (χ3v) is 3.00. The summed E-state index contributed by atoms with van der Waals surface area (Å²) < 4.78 is 6.40. The lowest BCUT2D eigenvalue weighted by Gasteiger charge is -2.09. The topological polar surface area (TPSA) is 46.5 Å². The normalized spacial score (nSPS) is 9.88. The molecule has 0 atom stereocenters. The van der Waals surface area contributed by atoms with Crippen molar-refractivity contribution in [2.45, 2.75) is 13.3 Å². The highest BCUT2D eigenvalue weighted by Crippen LogP contribution is 2.23. The van der Waals surface area contributed by atoms with Gasteiger partial charge in [0.15, 0.2) is 0 Å². The molecule has 3 nitrogen and oxygen atoms in total. The maximum Gasteiger partial charge on any atom is 0.335 e. The van der Waals surface area contributed by atoms with Gasteiger partial charge in [0.1, 0.15) is 12.4 Å². The van der Waals surface area contributed by atoms with Crippen LogP contribution in [0.4, 0.5) is 0 Å². The van der Waals surface area contributed by atoms with Crippen LogP contribution in [0.25, 0.3) is 0 Å². The zero-order valence-corrected chi connectivity index (χ0v) is 11.2. The Labute approximate surface area is 108 Å². The second kappa shape index (κ2) is 5.89. The summed E-state index contributed by atoms with van der Waals surface area (Å²) in [5.41, 5.74) is 1.22. The lowest BCUT2D eigenvalue weighted by molar-refractivity contribution is 0.0696. The molecule has 16 heavy (non-hydrogen) atoms. The van der Waals surface area contributed by atoms with Gasteiger partial charge in [0.2, 0.25) is 0 Å². The number of benzene rings is 1. The van der Waals surface area contributed by atoms with Gasteiger partial charge in [0.25, 0.3) is 0 Å². The molecule has 0 fully saturated rings. The highest BCUT2D eigenvalue weighted by Gasteiger charge is 2.08. The summed E-state index contributed by atoms with van der Waals surface area (Å²) in [6.45, 7) is 6.26. The second-order valence-electron chi connectivity index (χ2n) is 3.34. The van der Waals surface area contributed by atoms with E-state index in [9.17, 15) is 4.79 Å². The zero-order valence-electron chi connectivity index (χ0n) is 9.00. The molecule has 86 valence electrons. The number of carboxylic acids is 1. The lowest BCUT2D eigenvalue weighted by atomic mass is 10.2. The molecule has 0 saturated heterocycles. The Morgan fingerprint density at radius 2 is 2.25 bits per heavy atom. The Morgan fingerprint density at radius 3 is 2.81 bits per heavy atom. The van der Waals surface area contributed by atoms with Gasteiger partial charge >= 0.3 is 5.97 Å². The van der Waals surface area contributed by atoms with Crippen molar-refractivity contribution in [3.05, 3.63) is 39.5 Å². The van der Waals surface area contributed by atoms with Crippen molar-refractivity contribution in [1.29, 1.82) is 0 Å². The number of rotatable bonds is 5. The number of halogens is 1. The van der Waals surface area contributed by atoms with E-state index >= 15 is 0 Å². The molecule has 0 unspecified atom stereocenters. The van der Waals surface area contributed by atoms with Crippen LogP contribution in [0.3, 0.4) is 0 Å². The van der Waals surface area contributed by atoms with Crippen LogP contribution in [0, 0.1) is 3.57 Å². The number of ether oxygens (including phenoxy) is 1. The molecule has 0 spiro atoms. The molecule has 1 N–H and O–H groups in total. The van der Waals surface area contributed by atoms with E-state index in [1.54, 1.807) is 12.1 Å². The fourth-order valence-electron chi connectivity index (χ4n) is 1.03. The predicted molar refractivity (Wildman–Crippen MR) is 71.0 cm³/mol. The Bertz CT molecular complexity index is 413. The van der Waals surface area contributed by atoms with Crippen LogP contribution in [0.1, 0.15) is 23.7 Å². The van der Waals surface area contributed by atoms with Crippen LogP contribution in [0.2, 0.25) is 0 Å². The Kier molecular flexibility index (Phi) is 4.79. The molecule has 0 saturated carbocycles. The molecule has 0 aliphatic carbocycles. The van der Waals surface area contributed by atoms with E-state index in [0.29, 0.717) is 12.4 Å². The number of hydrogen-bond acceptors (Lipinski definition) is 2. The molecule has 1 rings (SSSR count). The minimum Gasteiger partial charge on any atom is -0.488 e. The van der Waals surface area contributed by atoms with Gasteiger partial charge in [-0.25, -0.2) is 4.79 Å². The standard InChI is InChI=1S/C12H13IO3/c1-3-8(2)7-16-11-6-9(12(14)15)4-5-10(11)13/h4-6H,2-3,7H2,1H3,(H,14,15). The summed E-state index contributed by atoms with van der Waals surface area (Å²) in [5.74, 6) is -0.356. The quantitative estimate of drug-likeness (QED) is 0.665. The van der Waals surface area contributed by atoms with Gasteiger partial charge in [0.05, 0.1) is 9.13 Å². The fourth-order valence-corrected chi connectivity index (χ4v) is 1.52. The first-order valence-corrected chi connectivity index (χ1v) is 5.94. The molecule has 0 radical (unpaired) electrons. The van der Waals surface area contributed by atoms with E-state index in [-0.39, 0.29) is 5.56 Å². The Morgan fingerprint density at radius 1 is 1.56 bits per heavy atom. The minimum atomic E-state index is -0.949. The average Bonchev–Trinajstić information content (AvgIpc) is 2.27. The molecular formula is C12H13IO3. The first-order valence-electron chi connectivity index (χ1n) is 4.87. The van der Waals surface area contributed by atoms with Crippen molar-refractivity contribution in [2.75, 3.05) is 6.61 Å². The molecule has 1 aromatic rings. The number of carbonyl (C=O) groups is 1. The van der Waals surface area contributed by atoms with Crippen LogP contribution in [-0.2, 0) is 0 Å². The van der Waals surface area contributed by atoms with Crippen LogP contribution < -0.4 is 4.74 Å². The molecule has 0 bridgehead atoms. The van der Waals surface area contributed by atoms with Gasteiger partial charge in [-0.1, -0.05) is 13.5 Å². The number of aromatic carboxylic acids is 1. The maximum atomic E-state index is 10.8. The molecule has 0 amide bonds. The highest BCUT2D eigenvalue weighted by molar-refractivity contribution is 14.1. The van der Waals surface area contributed by atoms with Gasteiger partial charge in [-0.3, -0.25) is 0 Å². The van der Waals surface area contributed by atoms with Crippen LogP contribution in [0.5, 0.6) is 5.75 Å². The van der Waals surface area contributed by atoms with E-state index in [2.05, 4.69) is 29.2 Å². The van der Waals surface area contributed by atoms with Crippen molar-refractivity contribution < 1.29 is 14.6 Å². The summed E-state index contributed by atoms with van der Waals surface area (Å²) in [4.78, 5) is 10.8. The third-order valence-electron chi connectivity index (χ3n) is 2.11. The molecular weight excluding hydrogens is 319 g/mol. The summed E-state index contributed by atoms with van der Waals surface area (Å²) in [6.07, 6.45) is 0.856. The van der Waals surface area contributed by atoms with Gasteiger partial charge in [0, 0.05) is 0 Å². The highest BCUT2D eigenvalue weighted by atomic mass is 127. The fraction of sp³-hybridized carbons (Fsp3) is 0.250. The third kappa shape index (κ3) is 3.52. The first kappa shape index (κ1) is 13.0. The van der Waals surface area contributed by atoms with Gasteiger partial charge in [-0.05, 0) is 52.8 Å². The average molecular weight is 332 g/mol. The van der Waals surface area contributed by atoms with Crippen molar-refractivity contribution >= 4 is 28.6 Å². The van der Waals surface area contributed by atoms with Crippen molar-refractivity contribution in [2.24, 2.45) is 0 Å². The van der Waals surface area contributed by atoms with Gasteiger partial charge < -0.3 is 9.84 Å². The summed E-state index contributed by atoms with van der Waals surface area (Å²) in [5, 5.41) is 8.85. The lowest BCUT2D eigenvalue weighted by Crippen LogP contribution is -2.03. The van der Waals surface area contributed by atoms with E-state index in [1.807, 2.05) is 6.92 Å². The number of carboxylic acid groups (broad SMARTS) is 1. The second-order valence-corrected chi connectivity index (χ2v) is 4.50. The van der Waals surface area contributed by atoms with Crippen molar-refractivity contribution in [3.8, 4) is 5.75 Å². The maximum absolute atomic E-state index is 10.8. The minimum absolute atomic E-state index is 0.234. The van der Waals surface area contributed by atoms with E-state index in [1.165, 1.54) is 6.07 Å². The summed E-state index contributed by atoms with van der Waals surface area (Å²) in [7, 11) is 0. The smallest absolute Gasteiger partial charge is 0.335 e. The number of hydrogen-bond donors (Lipinski definition) is 1. The summed E-state index contributed by atoms with van der Waals surface area (Å²) in [6, 6.07) is 4.83. The van der Waals surface area contributed by atoms with Gasteiger partial charge in [-0.2, -0.15) is 0 Å². The monoisotopic (exact) mass is 332 g/mol. The first-order chi connectivity index (χ1) is 7.54. The SMILES string of the molecule is C=C(CC)COc1cc(C(=O)O)ccc1I. The van der Waals surface area contributed by atoms with Crippen LogP contribution >= 0.6 is 22.6 Å². The molecule has 0 aliphatic heterocycles. The van der Waals surface area contributed by atoms with Crippen LogP contribution in [0.15, 0.2) is 30.4 Å². The Balaban J connectivity index is 2.82. The van der Waals surface area contributed by atoms with Crippen LogP contribution in [-0.4, -0.2) is 17.7 Å². The predicted octanol–water partition coefficient (Wildman–Crippen LogP) is 3.33. The van der Waals surface area contributed by atoms with Crippen molar-refractivity contribution in [3.63, 3.8) is 0 Å². The largest absolute Gasteiger partial charge is 0.488 e. The molecule has 0 aromatic heterocycles. The zero-order chi connectivity index (χ0) is 12.1. The molecule has 0 heterocycles. The van der Waals surface area contributed by atoms with E-state index in [0.717, 1.165) is 15.6 Å². The van der Waals surface area contributed by atoms with E-state index in [4.69, 9.17) is 9.84 Å². The molecule has 4 heteroatoms. The van der Waals surface area contributed by atoms with E-state index < -0.39 is 5.97 Å².